The predicted octanol–water partition coefficient (Wildman–Crippen LogP) is 8.56. The van der Waals surface area contributed by atoms with Gasteiger partial charge in [-0.15, -0.1) is 0 Å². The lowest BCUT2D eigenvalue weighted by Crippen LogP contribution is -2.66. The zero-order valence-electron chi connectivity index (χ0n) is 27.4. The second kappa shape index (κ2) is 10.2. The summed E-state index contributed by atoms with van der Waals surface area (Å²) in [6.45, 7) is 19.6. The largest absolute Gasteiger partial charge is 0.478 e. The number of fused-ring (bicyclic) bond motifs is 7. The third-order valence-corrected chi connectivity index (χ3v) is 15.1. The highest BCUT2D eigenvalue weighted by molar-refractivity contribution is 5.94. The lowest BCUT2D eigenvalue weighted by molar-refractivity contribution is -0.249. The molecule has 43 heavy (non-hydrogen) atoms. The van der Waals surface area contributed by atoms with Gasteiger partial charge in [-0.3, -0.25) is 0 Å². The van der Waals surface area contributed by atoms with Gasteiger partial charge in [0.25, 0.3) is 0 Å². The molecular formula is C38H54O5. The molecule has 1 aromatic carbocycles. The summed E-state index contributed by atoms with van der Waals surface area (Å²) in [5.74, 6) is 1.18. The van der Waals surface area contributed by atoms with Gasteiger partial charge >= 0.3 is 11.9 Å². The van der Waals surface area contributed by atoms with E-state index in [2.05, 4.69) is 48.1 Å². The van der Waals surface area contributed by atoms with Crippen LogP contribution in [0, 0.1) is 56.7 Å². The fourth-order valence-corrected chi connectivity index (χ4v) is 12.6. The van der Waals surface area contributed by atoms with E-state index in [9.17, 15) is 19.8 Å². The van der Waals surface area contributed by atoms with Crippen molar-refractivity contribution in [3.63, 3.8) is 0 Å². The number of aliphatic hydroxyl groups is 1. The quantitative estimate of drug-likeness (QED) is 0.265. The number of rotatable bonds is 5. The summed E-state index contributed by atoms with van der Waals surface area (Å²) in [6, 6.07) is 6.19. The highest BCUT2D eigenvalue weighted by Crippen LogP contribution is 2.77. The van der Waals surface area contributed by atoms with Crippen molar-refractivity contribution in [2.75, 3.05) is 6.61 Å². The summed E-state index contributed by atoms with van der Waals surface area (Å²) >= 11 is 0. The van der Waals surface area contributed by atoms with Crippen LogP contribution in [0.2, 0.25) is 0 Å². The van der Waals surface area contributed by atoms with E-state index in [1.807, 2.05) is 0 Å². The van der Waals surface area contributed by atoms with Crippen molar-refractivity contribution in [3.8, 4) is 0 Å². The van der Waals surface area contributed by atoms with Crippen LogP contribution in [-0.4, -0.2) is 34.9 Å². The maximum Gasteiger partial charge on any atom is 0.338 e. The second-order valence-electron chi connectivity index (χ2n) is 16.9. The number of ether oxygens (including phenoxy) is 1. The summed E-state index contributed by atoms with van der Waals surface area (Å²) in [5, 5.41) is 20.4. The van der Waals surface area contributed by atoms with Gasteiger partial charge in [-0.2, -0.15) is 0 Å². The van der Waals surface area contributed by atoms with E-state index >= 15 is 0 Å². The van der Waals surface area contributed by atoms with E-state index in [4.69, 9.17) is 4.74 Å². The third-order valence-electron chi connectivity index (χ3n) is 15.1. The smallest absolute Gasteiger partial charge is 0.338 e. The molecule has 2 N–H and O–H groups in total. The SMILES string of the molecule is C=C(C)C1CCC2(COC(=O)c3cccc(C(=O)O)c3)CCC3(C)C(CCC4C5(C)CCC(O)C(C)(C)C5CCC43C)C12. The molecule has 10 atom stereocenters. The highest BCUT2D eigenvalue weighted by Gasteiger charge is 2.71. The van der Waals surface area contributed by atoms with Crippen molar-refractivity contribution in [3.05, 3.63) is 47.5 Å². The van der Waals surface area contributed by atoms with E-state index < -0.39 is 11.9 Å². The Morgan fingerprint density at radius 2 is 1.60 bits per heavy atom. The molecule has 236 valence electrons. The van der Waals surface area contributed by atoms with Crippen LogP contribution in [-0.2, 0) is 4.74 Å². The molecule has 5 aliphatic carbocycles. The number of esters is 1. The molecule has 5 fully saturated rings. The van der Waals surface area contributed by atoms with E-state index in [-0.39, 0.29) is 38.7 Å². The molecule has 0 aromatic heterocycles. The first kappa shape index (κ1) is 30.9. The Morgan fingerprint density at radius 3 is 2.30 bits per heavy atom. The Kier molecular flexibility index (Phi) is 7.31. The minimum Gasteiger partial charge on any atom is -0.478 e. The molecule has 0 saturated heterocycles. The molecule has 0 amide bonds. The lowest BCUT2D eigenvalue weighted by Gasteiger charge is -2.73. The standard InChI is InChI=1S/C38H54O5/c1-23(2)26-13-18-38(22-43-33(42)25-10-8-9-24(21-25)32(40)41)20-19-36(6)27(31(26)38)11-12-29-35(5)16-15-30(39)34(3,4)28(35)14-17-37(29,36)7/h8-10,21,26-31,39H,1,11-20,22H2,2-7H3,(H,40,41). The number of benzene rings is 1. The first-order chi connectivity index (χ1) is 20.1. The van der Waals surface area contributed by atoms with Crippen LogP contribution in [0.25, 0.3) is 0 Å². The molecule has 1 aromatic rings. The average molecular weight is 591 g/mol. The number of carbonyl (C=O) groups is 2. The monoisotopic (exact) mass is 590 g/mol. The molecule has 5 nitrogen and oxygen atoms in total. The maximum atomic E-state index is 13.2. The zero-order chi connectivity index (χ0) is 31.2. The van der Waals surface area contributed by atoms with Crippen molar-refractivity contribution in [2.45, 2.75) is 112 Å². The molecule has 0 heterocycles. The minimum atomic E-state index is -1.04. The van der Waals surface area contributed by atoms with Gasteiger partial charge in [0.1, 0.15) is 0 Å². The van der Waals surface area contributed by atoms with E-state index in [0.717, 1.165) is 38.5 Å². The fraction of sp³-hybridized carbons (Fsp3) is 0.737. The molecule has 5 aliphatic rings. The zero-order valence-corrected chi connectivity index (χ0v) is 27.4. The molecule has 5 heteroatoms. The van der Waals surface area contributed by atoms with Gasteiger partial charge in [0.15, 0.2) is 0 Å². The van der Waals surface area contributed by atoms with Gasteiger partial charge in [-0.25, -0.2) is 9.59 Å². The first-order valence-electron chi connectivity index (χ1n) is 16.9. The second-order valence-corrected chi connectivity index (χ2v) is 16.9. The van der Waals surface area contributed by atoms with E-state index in [0.29, 0.717) is 41.8 Å². The molecule has 0 radical (unpaired) electrons. The van der Waals surface area contributed by atoms with Crippen LogP contribution in [0.15, 0.2) is 36.4 Å². The number of hydrogen-bond donors (Lipinski definition) is 2. The number of carboxylic acid groups (broad SMARTS) is 1. The van der Waals surface area contributed by atoms with Crippen molar-refractivity contribution in [1.82, 2.24) is 0 Å². The van der Waals surface area contributed by atoms with E-state index in [1.54, 1.807) is 12.1 Å². The molecular weight excluding hydrogens is 536 g/mol. The summed E-state index contributed by atoms with van der Waals surface area (Å²) < 4.78 is 6.11. The normalized spacial score (nSPS) is 44.7. The highest BCUT2D eigenvalue weighted by atomic mass is 16.5. The number of aliphatic hydroxyl groups excluding tert-OH is 1. The summed E-state index contributed by atoms with van der Waals surface area (Å²) in [4.78, 5) is 24.7. The fourth-order valence-electron chi connectivity index (χ4n) is 12.6. The van der Waals surface area contributed by atoms with Gasteiger partial charge in [0.05, 0.1) is 23.8 Å². The van der Waals surface area contributed by atoms with Crippen LogP contribution in [0.1, 0.15) is 126 Å². The maximum absolute atomic E-state index is 13.2. The molecule has 6 rings (SSSR count). The average Bonchev–Trinajstić information content (AvgIpc) is 3.35. The summed E-state index contributed by atoms with van der Waals surface area (Å²) in [7, 11) is 0. The van der Waals surface area contributed by atoms with Crippen molar-refractivity contribution < 1.29 is 24.5 Å². The predicted molar refractivity (Wildman–Crippen MR) is 169 cm³/mol. The molecule has 0 bridgehead atoms. The van der Waals surface area contributed by atoms with Gasteiger partial charge in [0, 0.05) is 5.41 Å². The number of aromatic carboxylic acids is 1. The number of carboxylic acids is 1. The van der Waals surface area contributed by atoms with Crippen LogP contribution in [0.4, 0.5) is 0 Å². The minimum absolute atomic E-state index is 0.0435. The van der Waals surface area contributed by atoms with Crippen molar-refractivity contribution >= 4 is 11.9 Å². The Hall–Kier alpha value is -2.14. The Bertz CT molecular complexity index is 1310. The Balaban J connectivity index is 1.30. The Labute approximate surface area is 258 Å². The molecule has 10 unspecified atom stereocenters. The van der Waals surface area contributed by atoms with E-state index in [1.165, 1.54) is 43.4 Å². The number of hydrogen-bond acceptors (Lipinski definition) is 4. The van der Waals surface area contributed by atoms with Crippen LogP contribution in [0.5, 0.6) is 0 Å². The van der Waals surface area contributed by atoms with Crippen LogP contribution < -0.4 is 0 Å². The van der Waals surface area contributed by atoms with Crippen LogP contribution in [0.3, 0.4) is 0 Å². The van der Waals surface area contributed by atoms with Crippen molar-refractivity contribution in [2.24, 2.45) is 56.7 Å². The van der Waals surface area contributed by atoms with Gasteiger partial charge in [-0.05, 0) is 141 Å². The number of carbonyl (C=O) groups excluding carboxylic acids is 1. The topological polar surface area (TPSA) is 83.8 Å². The summed E-state index contributed by atoms with van der Waals surface area (Å²) in [5.41, 5.74) is 2.27. The van der Waals surface area contributed by atoms with Crippen molar-refractivity contribution in [1.29, 1.82) is 0 Å². The van der Waals surface area contributed by atoms with Gasteiger partial charge in [-0.1, -0.05) is 52.8 Å². The van der Waals surface area contributed by atoms with Gasteiger partial charge in [0.2, 0.25) is 0 Å². The molecule has 5 saturated carbocycles. The Morgan fingerprint density at radius 1 is 0.884 bits per heavy atom. The van der Waals surface area contributed by atoms with Crippen LogP contribution >= 0.6 is 0 Å². The number of allylic oxidation sites excluding steroid dienone is 1. The van der Waals surface area contributed by atoms with Gasteiger partial charge < -0.3 is 14.9 Å². The molecule has 0 aliphatic heterocycles. The summed E-state index contributed by atoms with van der Waals surface area (Å²) in [6.07, 6.45) is 11.1. The lowest BCUT2D eigenvalue weighted by atomic mass is 9.32. The molecule has 0 spiro atoms. The first-order valence-corrected chi connectivity index (χ1v) is 16.9. The third kappa shape index (κ3) is 4.33.